The van der Waals surface area contributed by atoms with Crippen molar-refractivity contribution in [3.63, 3.8) is 0 Å². The Labute approximate surface area is 280 Å². The van der Waals surface area contributed by atoms with Crippen molar-refractivity contribution in [2.24, 2.45) is 34.5 Å². The summed E-state index contributed by atoms with van der Waals surface area (Å²) in [7, 11) is 1.03. The number of methoxy groups -OCH3 is 1. The lowest BCUT2D eigenvalue weighted by Gasteiger charge is -2.67. The first-order chi connectivity index (χ1) is 22.8. The Kier molecular flexibility index (Phi) is 8.77. The molecular formula is C32H44O17. The largest absolute Gasteiger partial charge is 0.467 e. The monoisotopic (exact) mass is 700 g/mol. The highest BCUT2D eigenvalue weighted by molar-refractivity contribution is 5.96. The minimum atomic E-state index is -2.39. The van der Waals surface area contributed by atoms with Crippen molar-refractivity contribution >= 4 is 23.7 Å². The first-order valence-electron chi connectivity index (χ1n) is 16.2. The second kappa shape index (κ2) is 11.9. The number of Topliss-reactive ketones (excluding diaryl/α,β-unsaturated/α-hetero) is 1. The lowest BCUT2D eigenvalue weighted by Crippen LogP contribution is -2.79. The number of esters is 3. The second-order valence-electron chi connectivity index (χ2n) is 15.1. The third-order valence-corrected chi connectivity index (χ3v) is 11.7. The Bertz CT molecular complexity index is 1420. The van der Waals surface area contributed by atoms with Crippen LogP contribution in [0.25, 0.3) is 0 Å². The summed E-state index contributed by atoms with van der Waals surface area (Å²) in [5.41, 5.74) is -6.75. The van der Waals surface area contributed by atoms with E-state index < -0.39 is 138 Å². The average Bonchev–Trinajstić information content (AvgIpc) is 3.33. The van der Waals surface area contributed by atoms with Gasteiger partial charge in [0.05, 0.1) is 44.4 Å². The number of aliphatic hydroxyl groups excluding tert-OH is 6. The van der Waals surface area contributed by atoms with Crippen molar-refractivity contribution in [2.45, 2.75) is 107 Å². The number of aliphatic hydroxyl groups is 7. The number of hydrogen-bond donors (Lipinski definition) is 7. The first kappa shape index (κ1) is 36.1. The maximum atomic E-state index is 13.8. The number of ketones is 1. The maximum absolute atomic E-state index is 13.8. The van der Waals surface area contributed by atoms with Crippen LogP contribution in [0.2, 0.25) is 0 Å². The summed E-state index contributed by atoms with van der Waals surface area (Å²) in [4.78, 5) is 54.1. The minimum Gasteiger partial charge on any atom is -0.467 e. The van der Waals surface area contributed by atoms with E-state index in [2.05, 4.69) is 0 Å². The van der Waals surface area contributed by atoms with Crippen LogP contribution >= 0.6 is 0 Å². The maximum Gasteiger partial charge on any atom is 0.348 e. The molecule has 3 heterocycles. The van der Waals surface area contributed by atoms with E-state index in [1.165, 1.54) is 19.9 Å². The molecule has 3 aliphatic heterocycles. The molecule has 17 heteroatoms. The highest BCUT2D eigenvalue weighted by Crippen LogP contribution is 2.72. The van der Waals surface area contributed by atoms with Crippen LogP contribution in [0.15, 0.2) is 11.8 Å². The lowest BCUT2D eigenvalue weighted by atomic mass is 9.38. The van der Waals surface area contributed by atoms with Gasteiger partial charge in [-0.1, -0.05) is 13.8 Å². The number of rotatable bonds is 7. The van der Waals surface area contributed by atoms with Crippen molar-refractivity contribution in [3.8, 4) is 0 Å². The van der Waals surface area contributed by atoms with Gasteiger partial charge in [-0.15, -0.1) is 0 Å². The summed E-state index contributed by atoms with van der Waals surface area (Å²) in [5, 5.41) is 74.9. The van der Waals surface area contributed by atoms with Crippen molar-refractivity contribution in [1.29, 1.82) is 0 Å². The second-order valence-corrected chi connectivity index (χ2v) is 15.1. The fourth-order valence-electron chi connectivity index (χ4n) is 9.71. The summed E-state index contributed by atoms with van der Waals surface area (Å²) in [6, 6.07) is 0. The Morgan fingerprint density at radius 1 is 1.04 bits per heavy atom. The molecule has 0 aromatic heterocycles. The summed E-state index contributed by atoms with van der Waals surface area (Å²) in [5.74, 6) is -8.25. The zero-order valence-electron chi connectivity index (χ0n) is 27.6. The molecule has 2 saturated carbocycles. The molecule has 16 atom stereocenters. The summed E-state index contributed by atoms with van der Waals surface area (Å²) >= 11 is 0. The number of fused-ring (bicyclic) bond motifs is 2. The van der Waals surface area contributed by atoms with Gasteiger partial charge in [0.1, 0.15) is 36.6 Å². The molecule has 2 bridgehead atoms. The van der Waals surface area contributed by atoms with Gasteiger partial charge in [-0.3, -0.25) is 9.59 Å². The van der Waals surface area contributed by atoms with Gasteiger partial charge in [0.15, 0.2) is 11.5 Å². The molecule has 49 heavy (non-hydrogen) atoms. The molecule has 0 amide bonds. The van der Waals surface area contributed by atoms with E-state index in [1.54, 1.807) is 13.8 Å². The molecule has 7 N–H and O–H groups in total. The molecule has 1 spiro atoms. The van der Waals surface area contributed by atoms with Crippen LogP contribution in [-0.2, 0) is 47.6 Å². The van der Waals surface area contributed by atoms with Crippen molar-refractivity contribution in [3.05, 3.63) is 11.8 Å². The SMILES string of the molecule is COC(=O)[C@@]12OC[C@]34C(C(O)C1O)[C@@]1(C)C=C(O[C@@H]5O[C@H](CO)[C@@H](O)[C@H](O)[C@H]5O)C(=O)C(C)C1C[C@H]3OC(=O)[C@H](OC(=O)CC(C)(C)O)[C@H]42. The summed E-state index contributed by atoms with van der Waals surface area (Å²) in [6.07, 6.45) is -14.2. The van der Waals surface area contributed by atoms with Crippen LogP contribution in [-0.4, -0.2) is 146 Å². The van der Waals surface area contributed by atoms with Crippen LogP contribution < -0.4 is 0 Å². The van der Waals surface area contributed by atoms with Crippen LogP contribution in [0.1, 0.15) is 40.5 Å². The zero-order valence-corrected chi connectivity index (χ0v) is 27.6. The van der Waals surface area contributed by atoms with Crippen LogP contribution in [0.3, 0.4) is 0 Å². The number of ether oxygens (including phenoxy) is 6. The molecule has 5 fully saturated rings. The molecule has 3 saturated heterocycles. The quantitative estimate of drug-likeness (QED) is 0.102. The normalized spacial score (nSPS) is 48.8. The van der Waals surface area contributed by atoms with E-state index in [1.807, 2.05) is 0 Å². The molecule has 6 rings (SSSR count). The minimum absolute atomic E-state index is 0.0136. The fourth-order valence-corrected chi connectivity index (χ4v) is 9.71. The number of carbonyl (C=O) groups excluding carboxylic acids is 4. The molecule has 0 aromatic rings. The fraction of sp³-hybridized carbons (Fsp3) is 0.812. The number of allylic oxidation sites excluding steroid dienone is 2. The van der Waals surface area contributed by atoms with Crippen LogP contribution in [0, 0.1) is 34.5 Å². The van der Waals surface area contributed by atoms with Gasteiger partial charge < -0.3 is 64.2 Å². The van der Waals surface area contributed by atoms with Gasteiger partial charge in [-0.2, -0.15) is 0 Å². The Balaban J connectivity index is 1.47. The summed E-state index contributed by atoms with van der Waals surface area (Å²) in [6.45, 7) is 4.87. The highest BCUT2D eigenvalue weighted by Gasteiger charge is 2.85. The molecule has 5 unspecified atom stereocenters. The molecule has 17 nitrogen and oxygen atoms in total. The van der Waals surface area contributed by atoms with E-state index in [9.17, 15) is 54.9 Å². The van der Waals surface area contributed by atoms with Crippen molar-refractivity contribution < 1.29 is 83.3 Å². The van der Waals surface area contributed by atoms with Gasteiger partial charge >= 0.3 is 17.9 Å². The Morgan fingerprint density at radius 2 is 1.71 bits per heavy atom. The van der Waals surface area contributed by atoms with E-state index >= 15 is 0 Å². The van der Waals surface area contributed by atoms with Crippen molar-refractivity contribution in [1.82, 2.24) is 0 Å². The molecule has 0 aromatic carbocycles. The van der Waals surface area contributed by atoms with Gasteiger partial charge in [0.2, 0.25) is 18.0 Å². The predicted octanol–water partition coefficient (Wildman–Crippen LogP) is -3.17. The topological polar surface area (TPSA) is 265 Å². The highest BCUT2D eigenvalue weighted by atomic mass is 16.7. The Morgan fingerprint density at radius 3 is 2.33 bits per heavy atom. The average molecular weight is 701 g/mol. The Hall–Kier alpha value is -2.74. The number of hydrogen-bond acceptors (Lipinski definition) is 17. The third kappa shape index (κ3) is 4.99. The zero-order chi connectivity index (χ0) is 36.2. The lowest BCUT2D eigenvalue weighted by molar-refractivity contribution is -0.296. The van der Waals surface area contributed by atoms with E-state index in [4.69, 9.17) is 28.4 Å². The smallest absolute Gasteiger partial charge is 0.348 e. The predicted molar refractivity (Wildman–Crippen MR) is 156 cm³/mol. The molecular weight excluding hydrogens is 656 g/mol. The van der Waals surface area contributed by atoms with Gasteiger partial charge in [-0.05, 0) is 37.7 Å². The third-order valence-electron chi connectivity index (χ3n) is 11.7. The first-order valence-corrected chi connectivity index (χ1v) is 16.2. The standard InChI is InChI=1S/C32H44O17/c1-11-12-6-15-31-10-45-32(28(42)44-5,24(31)22(26(41)48-15)49-16(34)8-29(2,3)43)25(40)21(39)23(31)30(12,4)7-13(17(11)35)46-27-20(38)19(37)18(36)14(9-33)47-27/h7,11-12,14-15,18-25,27,33,36-40,43H,6,8-10H2,1-5H3/t11?,12?,14-,15-,18-,19+,20-,21?,22-,23?,24-,25?,27-,30+,31-,32+/m1/s1. The van der Waals surface area contributed by atoms with E-state index in [0.717, 1.165) is 7.11 Å². The van der Waals surface area contributed by atoms with Gasteiger partial charge in [0.25, 0.3) is 0 Å². The molecule has 274 valence electrons. The van der Waals surface area contributed by atoms with Gasteiger partial charge in [-0.25, -0.2) is 9.59 Å². The molecule has 0 radical (unpaired) electrons. The van der Waals surface area contributed by atoms with Crippen LogP contribution in [0.5, 0.6) is 0 Å². The number of carbonyl (C=O) groups is 4. The summed E-state index contributed by atoms with van der Waals surface area (Å²) < 4.78 is 34.0. The van der Waals surface area contributed by atoms with Gasteiger partial charge in [0, 0.05) is 17.3 Å². The molecule has 3 aliphatic carbocycles. The van der Waals surface area contributed by atoms with Crippen LogP contribution in [0.4, 0.5) is 0 Å². The van der Waals surface area contributed by atoms with E-state index in [-0.39, 0.29) is 18.8 Å². The van der Waals surface area contributed by atoms with E-state index in [0.29, 0.717) is 0 Å². The molecule has 6 aliphatic rings. The van der Waals surface area contributed by atoms with Crippen molar-refractivity contribution in [2.75, 3.05) is 20.3 Å².